The second-order valence-electron chi connectivity index (χ2n) is 6.61. The number of hydrogen-bond donors (Lipinski definition) is 2. The van der Waals surface area contributed by atoms with Gasteiger partial charge in [-0.1, -0.05) is 13.8 Å². The van der Waals surface area contributed by atoms with Crippen LogP contribution in [0.3, 0.4) is 0 Å². The molecule has 3 heteroatoms. The molecular weight excluding hydrogens is 212 g/mol. The average molecular weight is 242 g/mol. The highest BCUT2D eigenvalue weighted by Crippen LogP contribution is 2.18. The predicted molar refractivity (Wildman–Crippen MR) is 73.2 cm³/mol. The second-order valence-corrected chi connectivity index (χ2v) is 6.61. The van der Waals surface area contributed by atoms with Gasteiger partial charge in [-0.05, 0) is 58.2 Å². The number of likely N-dealkylation sites (tertiary alicyclic amines) is 1. The number of nitrogens with one attached hydrogen (secondary N) is 1. The van der Waals surface area contributed by atoms with Gasteiger partial charge in [0.25, 0.3) is 0 Å². The molecule has 102 valence electrons. The Kier molecular flexibility index (Phi) is 5.90. The molecule has 1 aliphatic rings. The summed E-state index contributed by atoms with van der Waals surface area (Å²) in [5, 5.41) is 13.4. The van der Waals surface area contributed by atoms with Gasteiger partial charge in [-0.3, -0.25) is 0 Å². The van der Waals surface area contributed by atoms with E-state index in [2.05, 4.69) is 24.1 Å². The summed E-state index contributed by atoms with van der Waals surface area (Å²) < 4.78 is 0. The standard InChI is InChI=1S/C14H30N2O/c1-12(2)8-15-9-13-6-5-7-16(10-13)11-14(3,4)17/h12-13,15,17H,5-11H2,1-4H3. The van der Waals surface area contributed by atoms with Gasteiger partial charge < -0.3 is 15.3 Å². The van der Waals surface area contributed by atoms with Crippen LogP contribution in [-0.4, -0.2) is 48.3 Å². The van der Waals surface area contributed by atoms with Gasteiger partial charge in [-0.25, -0.2) is 0 Å². The summed E-state index contributed by atoms with van der Waals surface area (Å²) in [6, 6.07) is 0. The fourth-order valence-electron chi connectivity index (χ4n) is 2.58. The first kappa shape index (κ1) is 14.9. The highest BCUT2D eigenvalue weighted by molar-refractivity contribution is 4.79. The molecule has 1 unspecified atom stereocenters. The van der Waals surface area contributed by atoms with Crippen molar-refractivity contribution >= 4 is 0 Å². The Labute approximate surface area is 107 Å². The maximum absolute atomic E-state index is 9.85. The van der Waals surface area contributed by atoms with Crippen LogP contribution in [0.5, 0.6) is 0 Å². The van der Waals surface area contributed by atoms with Crippen molar-refractivity contribution in [3.05, 3.63) is 0 Å². The number of β-amino-alcohol motifs (C(OH)–C–C–N with tert-alkyl or cyclic N) is 1. The van der Waals surface area contributed by atoms with Crippen molar-refractivity contribution in [1.82, 2.24) is 10.2 Å². The van der Waals surface area contributed by atoms with Gasteiger partial charge in [0.05, 0.1) is 5.60 Å². The lowest BCUT2D eigenvalue weighted by molar-refractivity contribution is 0.0216. The minimum Gasteiger partial charge on any atom is -0.389 e. The van der Waals surface area contributed by atoms with Crippen LogP contribution in [0.1, 0.15) is 40.5 Å². The van der Waals surface area contributed by atoms with Gasteiger partial charge in [-0.15, -0.1) is 0 Å². The van der Waals surface area contributed by atoms with Crippen LogP contribution in [0.4, 0.5) is 0 Å². The lowest BCUT2D eigenvalue weighted by Crippen LogP contribution is -2.46. The average Bonchev–Trinajstić information content (AvgIpc) is 2.14. The molecule has 0 aliphatic carbocycles. The molecule has 2 N–H and O–H groups in total. The summed E-state index contributed by atoms with van der Waals surface area (Å²) in [7, 11) is 0. The van der Waals surface area contributed by atoms with E-state index in [4.69, 9.17) is 0 Å². The van der Waals surface area contributed by atoms with Crippen molar-refractivity contribution in [2.24, 2.45) is 11.8 Å². The molecule has 3 nitrogen and oxygen atoms in total. The Morgan fingerprint density at radius 3 is 2.71 bits per heavy atom. The molecule has 0 saturated carbocycles. The minimum atomic E-state index is -0.562. The number of nitrogens with zero attached hydrogens (tertiary/aromatic N) is 1. The third kappa shape index (κ3) is 7.02. The van der Waals surface area contributed by atoms with Gasteiger partial charge >= 0.3 is 0 Å². The molecule has 17 heavy (non-hydrogen) atoms. The Bertz CT molecular complexity index is 211. The van der Waals surface area contributed by atoms with Gasteiger partial charge in [0, 0.05) is 13.1 Å². The molecule has 0 aromatic rings. The zero-order chi connectivity index (χ0) is 12.9. The Hall–Kier alpha value is -0.120. The molecular formula is C14H30N2O. The molecule has 0 aromatic heterocycles. The van der Waals surface area contributed by atoms with E-state index in [0.717, 1.165) is 44.6 Å². The van der Waals surface area contributed by atoms with Crippen LogP contribution in [-0.2, 0) is 0 Å². The van der Waals surface area contributed by atoms with Crippen LogP contribution in [0.2, 0.25) is 0 Å². The van der Waals surface area contributed by atoms with Gasteiger partial charge in [-0.2, -0.15) is 0 Å². The van der Waals surface area contributed by atoms with Crippen molar-refractivity contribution in [1.29, 1.82) is 0 Å². The minimum absolute atomic E-state index is 0.562. The zero-order valence-electron chi connectivity index (χ0n) is 12.0. The molecule has 1 aliphatic heterocycles. The smallest absolute Gasteiger partial charge is 0.0718 e. The second kappa shape index (κ2) is 6.72. The monoisotopic (exact) mass is 242 g/mol. The van der Waals surface area contributed by atoms with E-state index in [1.807, 2.05) is 13.8 Å². The van der Waals surface area contributed by atoms with E-state index in [9.17, 15) is 5.11 Å². The molecule has 0 aromatic carbocycles. The molecule has 1 rings (SSSR count). The van der Waals surface area contributed by atoms with E-state index in [1.54, 1.807) is 0 Å². The van der Waals surface area contributed by atoms with E-state index >= 15 is 0 Å². The fraction of sp³-hybridized carbons (Fsp3) is 1.00. The maximum atomic E-state index is 9.85. The molecule has 0 bridgehead atoms. The lowest BCUT2D eigenvalue weighted by Gasteiger charge is -2.36. The van der Waals surface area contributed by atoms with Gasteiger partial charge in [0.2, 0.25) is 0 Å². The number of aliphatic hydroxyl groups is 1. The summed E-state index contributed by atoms with van der Waals surface area (Å²) >= 11 is 0. The van der Waals surface area contributed by atoms with Crippen molar-refractivity contribution in [2.75, 3.05) is 32.7 Å². The molecule has 1 saturated heterocycles. The van der Waals surface area contributed by atoms with Crippen LogP contribution in [0.25, 0.3) is 0 Å². The van der Waals surface area contributed by atoms with Crippen LogP contribution < -0.4 is 5.32 Å². The largest absolute Gasteiger partial charge is 0.389 e. The first-order chi connectivity index (χ1) is 7.87. The van der Waals surface area contributed by atoms with E-state index in [1.165, 1.54) is 12.8 Å². The Morgan fingerprint density at radius 2 is 2.12 bits per heavy atom. The summed E-state index contributed by atoms with van der Waals surface area (Å²) in [5.41, 5.74) is -0.562. The number of rotatable bonds is 6. The molecule has 1 atom stereocenters. The first-order valence-electron chi connectivity index (χ1n) is 7.02. The first-order valence-corrected chi connectivity index (χ1v) is 7.02. The maximum Gasteiger partial charge on any atom is 0.0718 e. The molecule has 0 spiro atoms. The molecule has 1 fully saturated rings. The van der Waals surface area contributed by atoms with E-state index in [-0.39, 0.29) is 0 Å². The third-order valence-electron chi connectivity index (χ3n) is 3.20. The normalized spacial score (nSPS) is 23.3. The fourth-order valence-corrected chi connectivity index (χ4v) is 2.58. The number of hydrogen-bond acceptors (Lipinski definition) is 3. The lowest BCUT2D eigenvalue weighted by atomic mass is 9.96. The molecule has 0 radical (unpaired) electrons. The van der Waals surface area contributed by atoms with Crippen molar-refractivity contribution in [3.8, 4) is 0 Å². The number of piperidine rings is 1. The van der Waals surface area contributed by atoms with Crippen molar-refractivity contribution in [2.45, 2.75) is 46.1 Å². The molecule has 0 amide bonds. The molecule has 1 heterocycles. The highest BCUT2D eigenvalue weighted by atomic mass is 16.3. The summed E-state index contributed by atoms with van der Waals surface area (Å²) in [4.78, 5) is 2.41. The SMILES string of the molecule is CC(C)CNCC1CCCN(CC(C)(C)O)C1. The Balaban J connectivity index is 2.24. The quantitative estimate of drug-likeness (QED) is 0.744. The van der Waals surface area contributed by atoms with Crippen LogP contribution in [0.15, 0.2) is 0 Å². The topological polar surface area (TPSA) is 35.5 Å². The summed E-state index contributed by atoms with van der Waals surface area (Å²) in [6.07, 6.45) is 2.59. The Morgan fingerprint density at radius 1 is 1.41 bits per heavy atom. The van der Waals surface area contributed by atoms with E-state index in [0.29, 0.717) is 0 Å². The third-order valence-corrected chi connectivity index (χ3v) is 3.20. The predicted octanol–water partition coefficient (Wildman–Crippen LogP) is 1.71. The van der Waals surface area contributed by atoms with Gasteiger partial charge in [0.1, 0.15) is 0 Å². The van der Waals surface area contributed by atoms with Gasteiger partial charge in [0.15, 0.2) is 0 Å². The van der Waals surface area contributed by atoms with Crippen molar-refractivity contribution in [3.63, 3.8) is 0 Å². The van der Waals surface area contributed by atoms with Crippen LogP contribution in [0, 0.1) is 11.8 Å². The van der Waals surface area contributed by atoms with Crippen molar-refractivity contribution < 1.29 is 5.11 Å². The highest BCUT2D eigenvalue weighted by Gasteiger charge is 2.24. The summed E-state index contributed by atoms with van der Waals surface area (Å²) in [6.45, 7) is 13.6. The van der Waals surface area contributed by atoms with Crippen LogP contribution >= 0.6 is 0 Å². The summed E-state index contributed by atoms with van der Waals surface area (Å²) in [5.74, 6) is 1.48. The van der Waals surface area contributed by atoms with E-state index < -0.39 is 5.60 Å². The zero-order valence-corrected chi connectivity index (χ0v) is 12.0.